The summed E-state index contributed by atoms with van der Waals surface area (Å²) >= 11 is 0. The maximum Gasteiger partial charge on any atom is 0.433 e. The summed E-state index contributed by atoms with van der Waals surface area (Å²) in [6, 6.07) is 8.86. The number of hydrogen-bond donors (Lipinski definition) is 2. The second kappa shape index (κ2) is 6.53. The molecule has 8 nitrogen and oxygen atoms in total. The van der Waals surface area contributed by atoms with Crippen molar-refractivity contribution in [2.75, 3.05) is 10.6 Å². The second-order valence-electron chi connectivity index (χ2n) is 4.33. The Balaban J connectivity index is 2.09. The van der Waals surface area contributed by atoms with Crippen LogP contribution in [0.3, 0.4) is 0 Å². The van der Waals surface area contributed by atoms with Crippen LogP contribution >= 0.6 is 0 Å². The van der Waals surface area contributed by atoms with Crippen molar-refractivity contribution < 1.29 is 18.9 Å². The highest BCUT2D eigenvalue weighted by Crippen LogP contribution is 2.19. The summed E-state index contributed by atoms with van der Waals surface area (Å²) in [7, 11) is 0. The minimum Gasteiger partial charge on any atom is -0.395 e. The van der Waals surface area contributed by atoms with E-state index >= 15 is 0 Å². The quantitative estimate of drug-likeness (QED) is 0.651. The van der Waals surface area contributed by atoms with Crippen LogP contribution < -0.4 is 10.6 Å². The Hall–Kier alpha value is -3.16. The molecule has 0 unspecified atom stereocenters. The smallest absolute Gasteiger partial charge is 0.395 e. The number of furan rings is 1. The minimum atomic E-state index is -0.725. The van der Waals surface area contributed by atoms with Crippen LogP contribution in [0.5, 0.6) is 0 Å². The maximum absolute atomic E-state index is 11.9. The summed E-state index contributed by atoms with van der Waals surface area (Å²) in [5.41, 5.74) is 0.966. The molecule has 22 heavy (non-hydrogen) atoms. The number of carbonyl (C=O) groups excluding carboxylic acids is 2. The van der Waals surface area contributed by atoms with Crippen LogP contribution in [0.4, 0.5) is 17.3 Å². The lowest BCUT2D eigenvalue weighted by Gasteiger charge is -2.07. The zero-order chi connectivity index (χ0) is 16.1. The van der Waals surface area contributed by atoms with Gasteiger partial charge in [0.05, 0.1) is 6.07 Å². The van der Waals surface area contributed by atoms with Gasteiger partial charge in [-0.15, -0.1) is 0 Å². The average molecular weight is 303 g/mol. The number of benzene rings is 1. The number of anilines is 2. The Morgan fingerprint density at radius 3 is 2.45 bits per heavy atom. The van der Waals surface area contributed by atoms with Crippen molar-refractivity contribution in [3.8, 4) is 0 Å². The van der Waals surface area contributed by atoms with E-state index in [9.17, 15) is 19.7 Å². The van der Waals surface area contributed by atoms with Crippen molar-refractivity contribution in [2.45, 2.75) is 13.3 Å². The predicted molar refractivity (Wildman–Crippen MR) is 78.7 cm³/mol. The van der Waals surface area contributed by atoms with Gasteiger partial charge < -0.3 is 15.1 Å². The summed E-state index contributed by atoms with van der Waals surface area (Å²) in [6.07, 6.45) is 0.340. The van der Waals surface area contributed by atoms with E-state index in [1.807, 2.05) is 0 Å². The summed E-state index contributed by atoms with van der Waals surface area (Å²) < 4.78 is 4.81. The van der Waals surface area contributed by atoms with Crippen LogP contribution in [0, 0.1) is 10.1 Å². The number of hydrogen-bond acceptors (Lipinski definition) is 5. The highest BCUT2D eigenvalue weighted by Gasteiger charge is 2.17. The third-order valence-corrected chi connectivity index (χ3v) is 2.72. The molecular weight excluding hydrogens is 290 g/mol. The van der Waals surface area contributed by atoms with Gasteiger partial charge >= 0.3 is 5.88 Å². The van der Waals surface area contributed by atoms with E-state index in [1.165, 1.54) is 6.07 Å². The zero-order valence-electron chi connectivity index (χ0n) is 11.7. The van der Waals surface area contributed by atoms with Crippen LogP contribution in [0.1, 0.15) is 23.9 Å². The normalized spacial score (nSPS) is 10.0. The highest BCUT2D eigenvalue weighted by molar-refractivity contribution is 6.03. The van der Waals surface area contributed by atoms with Crippen molar-refractivity contribution in [1.29, 1.82) is 0 Å². The Labute approximate surface area is 125 Å². The molecule has 0 saturated carbocycles. The van der Waals surface area contributed by atoms with Gasteiger partial charge in [0.2, 0.25) is 5.91 Å². The molecule has 0 saturated heterocycles. The fraction of sp³-hybridized carbons (Fsp3) is 0.143. The Bertz CT molecular complexity index is 723. The Morgan fingerprint density at radius 2 is 1.86 bits per heavy atom. The lowest BCUT2D eigenvalue weighted by Crippen LogP contribution is -2.12. The van der Waals surface area contributed by atoms with Crippen LogP contribution in [-0.2, 0) is 4.79 Å². The van der Waals surface area contributed by atoms with Gasteiger partial charge in [0.25, 0.3) is 5.91 Å². The van der Waals surface area contributed by atoms with E-state index in [1.54, 1.807) is 31.2 Å². The standard InChI is InChI=1S/C14H13N3O5/c1-2-12(18)15-9-4-3-5-10(8-9)16-14(19)11-6-7-13(22-11)17(20)21/h3-8H,2H2,1H3,(H,15,18)(H,16,19). The van der Waals surface area contributed by atoms with Gasteiger partial charge in [0, 0.05) is 17.8 Å². The third kappa shape index (κ3) is 3.69. The molecule has 0 fully saturated rings. The van der Waals surface area contributed by atoms with E-state index in [0.717, 1.165) is 6.07 Å². The van der Waals surface area contributed by atoms with E-state index < -0.39 is 16.7 Å². The van der Waals surface area contributed by atoms with E-state index in [-0.39, 0.29) is 11.7 Å². The lowest BCUT2D eigenvalue weighted by atomic mass is 10.2. The molecule has 0 radical (unpaired) electrons. The molecule has 2 rings (SSSR count). The summed E-state index contributed by atoms with van der Waals surface area (Å²) in [6.45, 7) is 1.73. The highest BCUT2D eigenvalue weighted by atomic mass is 16.6. The molecule has 1 aromatic carbocycles. The molecule has 0 spiro atoms. The van der Waals surface area contributed by atoms with Crippen LogP contribution in [-0.4, -0.2) is 16.7 Å². The molecular formula is C14H13N3O5. The number of nitrogens with zero attached hydrogens (tertiary/aromatic N) is 1. The molecule has 0 bridgehead atoms. The Kier molecular flexibility index (Phi) is 4.52. The molecule has 1 heterocycles. The van der Waals surface area contributed by atoms with Crippen molar-refractivity contribution in [3.05, 3.63) is 52.3 Å². The van der Waals surface area contributed by atoms with Crippen LogP contribution in [0.25, 0.3) is 0 Å². The molecule has 2 aromatic rings. The first-order chi connectivity index (χ1) is 10.5. The monoisotopic (exact) mass is 303 g/mol. The first-order valence-corrected chi connectivity index (χ1v) is 6.45. The lowest BCUT2D eigenvalue weighted by molar-refractivity contribution is -0.402. The number of carbonyl (C=O) groups is 2. The molecule has 0 aliphatic carbocycles. The van der Waals surface area contributed by atoms with Crippen molar-refractivity contribution in [1.82, 2.24) is 0 Å². The number of amides is 2. The van der Waals surface area contributed by atoms with Crippen LogP contribution in [0.15, 0.2) is 40.8 Å². The third-order valence-electron chi connectivity index (χ3n) is 2.72. The average Bonchev–Trinajstić information content (AvgIpc) is 2.97. The van der Waals surface area contributed by atoms with E-state index in [4.69, 9.17) is 4.42 Å². The summed E-state index contributed by atoms with van der Waals surface area (Å²) in [5, 5.41) is 15.7. The molecule has 1 aromatic heterocycles. The minimum absolute atomic E-state index is 0.148. The topological polar surface area (TPSA) is 114 Å². The van der Waals surface area contributed by atoms with Gasteiger partial charge in [-0.3, -0.25) is 19.7 Å². The van der Waals surface area contributed by atoms with Crippen LogP contribution in [0.2, 0.25) is 0 Å². The molecule has 8 heteroatoms. The molecule has 0 atom stereocenters. The SMILES string of the molecule is CCC(=O)Nc1cccc(NC(=O)c2ccc([N+](=O)[O-])o2)c1. The molecule has 0 aliphatic heterocycles. The fourth-order valence-corrected chi connectivity index (χ4v) is 1.66. The molecule has 2 amide bonds. The second-order valence-corrected chi connectivity index (χ2v) is 4.33. The van der Waals surface area contributed by atoms with E-state index in [2.05, 4.69) is 10.6 Å². The first-order valence-electron chi connectivity index (χ1n) is 6.45. The Morgan fingerprint density at radius 1 is 1.18 bits per heavy atom. The van der Waals surface area contributed by atoms with Gasteiger partial charge in [-0.05, 0) is 24.3 Å². The van der Waals surface area contributed by atoms with Crippen molar-refractivity contribution in [2.24, 2.45) is 0 Å². The molecule has 0 aliphatic rings. The largest absolute Gasteiger partial charge is 0.433 e. The van der Waals surface area contributed by atoms with Gasteiger partial charge in [0.15, 0.2) is 5.76 Å². The molecule has 2 N–H and O–H groups in total. The fourth-order valence-electron chi connectivity index (χ4n) is 1.66. The van der Waals surface area contributed by atoms with Gasteiger partial charge in [-0.2, -0.15) is 0 Å². The van der Waals surface area contributed by atoms with Crippen molar-refractivity contribution >= 4 is 29.1 Å². The van der Waals surface area contributed by atoms with Crippen molar-refractivity contribution in [3.63, 3.8) is 0 Å². The van der Waals surface area contributed by atoms with Gasteiger partial charge in [-0.25, -0.2) is 0 Å². The van der Waals surface area contributed by atoms with Gasteiger partial charge in [-0.1, -0.05) is 13.0 Å². The maximum atomic E-state index is 11.9. The molecule has 114 valence electrons. The summed E-state index contributed by atoms with van der Waals surface area (Å²) in [5.74, 6) is -1.44. The zero-order valence-corrected chi connectivity index (χ0v) is 11.7. The predicted octanol–water partition coefficient (Wildman–Crippen LogP) is 2.79. The van der Waals surface area contributed by atoms with E-state index in [0.29, 0.717) is 17.8 Å². The van der Waals surface area contributed by atoms with Gasteiger partial charge in [0.1, 0.15) is 4.92 Å². The number of nitrogens with one attached hydrogen (secondary N) is 2. The summed E-state index contributed by atoms with van der Waals surface area (Å²) in [4.78, 5) is 33.0. The number of rotatable bonds is 5. The first kappa shape index (κ1) is 15.2. The number of nitro groups is 1.